The Balaban J connectivity index is 1.96. The van der Waals surface area contributed by atoms with E-state index in [1.54, 1.807) is 0 Å². The third-order valence-electron chi connectivity index (χ3n) is 5.84. The molecule has 1 aliphatic rings. The van der Waals surface area contributed by atoms with Crippen molar-refractivity contribution in [2.24, 2.45) is 0 Å². The van der Waals surface area contributed by atoms with Crippen molar-refractivity contribution in [2.45, 2.75) is 44.7 Å². The van der Waals surface area contributed by atoms with Gasteiger partial charge in [0.1, 0.15) is 0 Å². The third-order valence-corrected chi connectivity index (χ3v) is 6.25. The van der Waals surface area contributed by atoms with Gasteiger partial charge in [-0.25, -0.2) is 0 Å². The molecule has 2 aromatic carbocycles. The summed E-state index contributed by atoms with van der Waals surface area (Å²) in [6.07, 6.45) is 3.43. The molecule has 3 nitrogen and oxygen atoms in total. The number of carbonyl (C=O) groups excluding carboxylic acids is 1. The van der Waals surface area contributed by atoms with Crippen LogP contribution in [0.15, 0.2) is 48.5 Å². The van der Waals surface area contributed by atoms with Crippen molar-refractivity contribution in [3.05, 3.63) is 70.2 Å². The van der Waals surface area contributed by atoms with E-state index in [-0.39, 0.29) is 17.5 Å². The topological polar surface area (TPSA) is 32.3 Å². The molecule has 0 bridgehead atoms. The first-order valence-corrected chi connectivity index (χ1v) is 9.63. The van der Waals surface area contributed by atoms with Crippen molar-refractivity contribution in [3.63, 3.8) is 0 Å². The Morgan fingerprint density at radius 2 is 1.88 bits per heavy atom. The molecule has 26 heavy (non-hydrogen) atoms. The number of likely N-dealkylation sites (N-methyl/N-ethyl adjacent to an activating group) is 1. The molecule has 0 saturated carbocycles. The molecule has 1 heterocycles. The smallest absolute Gasteiger partial charge is 0.252 e. The first-order chi connectivity index (χ1) is 12.4. The van der Waals surface area contributed by atoms with E-state index in [0.29, 0.717) is 10.6 Å². The lowest BCUT2D eigenvalue weighted by Crippen LogP contribution is -2.56. The average Bonchev–Trinajstić information content (AvgIpc) is 2.65. The Bertz CT molecular complexity index is 777. The van der Waals surface area contributed by atoms with Gasteiger partial charge in [0.05, 0.1) is 6.04 Å². The number of carbonyl (C=O) groups is 1. The van der Waals surface area contributed by atoms with Crippen LogP contribution in [0.1, 0.15) is 53.7 Å². The lowest BCUT2D eigenvalue weighted by Gasteiger charge is -2.48. The second-order valence-electron chi connectivity index (χ2n) is 7.47. The number of hydrogen-bond acceptors (Lipinski definition) is 2. The number of piperidine rings is 1. The minimum absolute atomic E-state index is 0.0703. The summed E-state index contributed by atoms with van der Waals surface area (Å²) in [7, 11) is 2.16. The largest absolute Gasteiger partial charge is 0.343 e. The van der Waals surface area contributed by atoms with E-state index in [1.165, 1.54) is 12.8 Å². The number of hydrogen-bond donors (Lipinski definition) is 1. The van der Waals surface area contributed by atoms with Crippen molar-refractivity contribution in [1.82, 2.24) is 10.2 Å². The second kappa shape index (κ2) is 7.81. The Kier molecular flexibility index (Phi) is 5.69. The zero-order valence-corrected chi connectivity index (χ0v) is 16.5. The van der Waals surface area contributed by atoms with Crippen molar-refractivity contribution >= 4 is 17.5 Å². The highest BCUT2D eigenvalue weighted by Crippen LogP contribution is 2.38. The molecular formula is C22H27ClN2O. The maximum Gasteiger partial charge on any atom is 0.252 e. The molecule has 0 aromatic heterocycles. The summed E-state index contributed by atoms with van der Waals surface area (Å²) in [5.74, 6) is -0.0703. The molecule has 0 aliphatic carbocycles. The lowest BCUT2D eigenvalue weighted by molar-refractivity contribution is 0.0468. The highest BCUT2D eigenvalue weighted by molar-refractivity contribution is 6.31. The number of amides is 1. The predicted molar refractivity (Wildman–Crippen MR) is 108 cm³/mol. The van der Waals surface area contributed by atoms with Gasteiger partial charge >= 0.3 is 0 Å². The van der Waals surface area contributed by atoms with E-state index < -0.39 is 0 Å². The Morgan fingerprint density at radius 3 is 2.58 bits per heavy atom. The molecule has 2 unspecified atom stereocenters. The SMILES string of the molecule is Cc1c(Cl)cccc1C(=O)NC(c1ccccc1)C1(C)CCCCN1C. The molecule has 138 valence electrons. The maximum absolute atomic E-state index is 13.1. The normalized spacial score (nSPS) is 22.0. The van der Waals surface area contributed by atoms with Gasteiger partial charge in [0, 0.05) is 16.1 Å². The zero-order valence-electron chi connectivity index (χ0n) is 15.8. The monoisotopic (exact) mass is 370 g/mol. The molecule has 2 aromatic rings. The third kappa shape index (κ3) is 3.65. The van der Waals surface area contributed by atoms with Crippen LogP contribution in [-0.2, 0) is 0 Å². The summed E-state index contributed by atoms with van der Waals surface area (Å²) in [6.45, 7) is 5.20. The summed E-state index contributed by atoms with van der Waals surface area (Å²) < 4.78 is 0. The number of nitrogens with one attached hydrogen (secondary N) is 1. The molecule has 0 radical (unpaired) electrons. The Morgan fingerprint density at radius 1 is 1.15 bits per heavy atom. The van der Waals surface area contributed by atoms with Crippen LogP contribution >= 0.6 is 11.6 Å². The van der Waals surface area contributed by atoms with Gasteiger partial charge in [-0.15, -0.1) is 0 Å². The van der Waals surface area contributed by atoms with E-state index in [9.17, 15) is 4.79 Å². The fourth-order valence-electron chi connectivity index (χ4n) is 3.95. The summed E-state index contributed by atoms with van der Waals surface area (Å²) >= 11 is 6.22. The molecule has 1 amide bonds. The van der Waals surface area contributed by atoms with Crippen LogP contribution in [0.3, 0.4) is 0 Å². The van der Waals surface area contributed by atoms with Crippen molar-refractivity contribution < 1.29 is 4.79 Å². The fraction of sp³-hybridized carbons (Fsp3) is 0.409. The number of nitrogens with zero attached hydrogens (tertiary/aromatic N) is 1. The van der Waals surface area contributed by atoms with E-state index in [0.717, 1.165) is 24.1 Å². The van der Waals surface area contributed by atoms with Crippen molar-refractivity contribution in [1.29, 1.82) is 0 Å². The number of likely N-dealkylation sites (tertiary alicyclic amines) is 1. The molecule has 0 spiro atoms. The van der Waals surface area contributed by atoms with E-state index in [1.807, 2.05) is 43.3 Å². The van der Waals surface area contributed by atoms with E-state index in [2.05, 4.69) is 36.3 Å². The van der Waals surface area contributed by atoms with Crippen LogP contribution in [0, 0.1) is 6.92 Å². The quantitative estimate of drug-likeness (QED) is 0.821. The predicted octanol–water partition coefficient (Wildman–Crippen LogP) is 4.99. The average molecular weight is 371 g/mol. The van der Waals surface area contributed by atoms with Gasteiger partial charge in [0.2, 0.25) is 0 Å². The molecule has 3 rings (SSSR count). The maximum atomic E-state index is 13.1. The van der Waals surface area contributed by atoms with Gasteiger partial charge < -0.3 is 5.32 Å². The minimum atomic E-state index is -0.123. The highest BCUT2D eigenvalue weighted by atomic mass is 35.5. The van der Waals surface area contributed by atoms with Gasteiger partial charge in [-0.2, -0.15) is 0 Å². The van der Waals surface area contributed by atoms with Crippen molar-refractivity contribution in [2.75, 3.05) is 13.6 Å². The summed E-state index contributed by atoms with van der Waals surface area (Å²) in [5, 5.41) is 3.94. The number of benzene rings is 2. The summed E-state index contributed by atoms with van der Waals surface area (Å²) in [5.41, 5.74) is 2.47. The van der Waals surface area contributed by atoms with Gasteiger partial charge in [-0.3, -0.25) is 9.69 Å². The van der Waals surface area contributed by atoms with Crippen LogP contribution in [0.5, 0.6) is 0 Å². The first-order valence-electron chi connectivity index (χ1n) is 9.25. The van der Waals surface area contributed by atoms with Crippen LogP contribution in [-0.4, -0.2) is 29.9 Å². The number of rotatable bonds is 4. The fourth-order valence-corrected chi connectivity index (χ4v) is 4.12. The van der Waals surface area contributed by atoms with E-state index in [4.69, 9.17) is 11.6 Å². The Hall–Kier alpha value is -1.84. The van der Waals surface area contributed by atoms with Gasteiger partial charge in [0.25, 0.3) is 5.91 Å². The summed E-state index contributed by atoms with van der Waals surface area (Å²) in [4.78, 5) is 15.5. The van der Waals surface area contributed by atoms with Gasteiger partial charge in [-0.05, 0) is 63.5 Å². The standard InChI is InChI=1S/C22H27ClN2O/c1-16-18(12-9-13-19(16)23)21(26)24-20(17-10-5-4-6-11-17)22(2)14-7-8-15-25(22)3/h4-6,9-13,20H,7-8,14-15H2,1-3H3,(H,24,26). The Labute approximate surface area is 161 Å². The summed E-state index contributed by atoms with van der Waals surface area (Å²) in [6, 6.07) is 15.7. The zero-order chi connectivity index (χ0) is 18.7. The molecule has 1 N–H and O–H groups in total. The van der Waals surface area contributed by atoms with Crippen LogP contribution in [0.4, 0.5) is 0 Å². The second-order valence-corrected chi connectivity index (χ2v) is 7.87. The van der Waals surface area contributed by atoms with Gasteiger partial charge in [-0.1, -0.05) is 54.4 Å². The van der Waals surface area contributed by atoms with Crippen LogP contribution < -0.4 is 5.32 Å². The molecule has 1 fully saturated rings. The number of halogens is 1. The lowest BCUT2D eigenvalue weighted by atomic mass is 9.79. The highest BCUT2D eigenvalue weighted by Gasteiger charge is 2.41. The van der Waals surface area contributed by atoms with Crippen LogP contribution in [0.25, 0.3) is 0 Å². The van der Waals surface area contributed by atoms with Crippen molar-refractivity contribution in [3.8, 4) is 0 Å². The van der Waals surface area contributed by atoms with Gasteiger partial charge in [0.15, 0.2) is 0 Å². The molecule has 2 atom stereocenters. The first kappa shape index (κ1) is 18.9. The molecule has 1 saturated heterocycles. The molecule has 1 aliphatic heterocycles. The molecular weight excluding hydrogens is 344 g/mol. The minimum Gasteiger partial charge on any atom is -0.343 e. The van der Waals surface area contributed by atoms with E-state index >= 15 is 0 Å². The van der Waals surface area contributed by atoms with Crippen LogP contribution in [0.2, 0.25) is 5.02 Å². The molecule has 4 heteroatoms.